The molecule has 0 radical (unpaired) electrons. The normalized spacial score (nSPS) is 13.3. The minimum absolute atomic E-state index is 0.108. The quantitative estimate of drug-likeness (QED) is 0.601. The van der Waals surface area contributed by atoms with Crippen molar-refractivity contribution in [2.24, 2.45) is 0 Å². The Bertz CT molecular complexity index is 701. The van der Waals surface area contributed by atoms with Crippen molar-refractivity contribution >= 4 is 5.69 Å². The number of hydrogen-bond acceptors (Lipinski definition) is 5. The highest BCUT2D eigenvalue weighted by Crippen LogP contribution is 2.26. The van der Waals surface area contributed by atoms with Gasteiger partial charge in [0, 0.05) is 24.2 Å². The van der Waals surface area contributed by atoms with Crippen LogP contribution in [0.5, 0.6) is 5.75 Å². The molecule has 6 heteroatoms. The number of nitro groups is 1. The topological polar surface area (TPSA) is 84.6 Å². The molecule has 0 saturated heterocycles. The van der Waals surface area contributed by atoms with Gasteiger partial charge in [-0.1, -0.05) is 24.3 Å². The minimum Gasteiger partial charge on any atom is -0.497 e. The second kappa shape index (κ2) is 7.90. The van der Waals surface area contributed by atoms with Crippen molar-refractivity contribution in [3.05, 3.63) is 69.3 Å². The molecule has 0 aliphatic rings. The Morgan fingerprint density at radius 1 is 1.25 bits per heavy atom. The SMILES string of the molecule is COc1ccc(C(O)CNC(C)c2cccc([N+](=O)[O-])c2C)cc1. The maximum atomic E-state index is 11.0. The van der Waals surface area contributed by atoms with E-state index in [1.165, 1.54) is 6.07 Å². The molecule has 0 saturated carbocycles. The van der Waals surface area contributed by atoms with Crippen LogP contribution in [0.4, 0.5) is 5.69 Å². The van der Waals surface area contributed by atoms with Crippen molar-refractivity contribution in [2.75, 3.05) is 13.7 Å². The summed E-state index contributed by atoms with van der Waals surface area (Å²) in [5.74, 6) is 0.736. The van der Waals surface area contributed by atoms with Crippen LogP contribution in [0.1, 0.15) is 35.8 Å². The molecule has 0 aliphatic carbocycles. The van der Waals surface area contributed by atoms with E-state index in [1.54, 1.807) is 32.2 Å². The van der Waals surface area contributed by atoms with Crippen LogP contribution in [0.25, 0.3) is 0 Å². The van der Waals surface area contributed by atoms with Gasteiger partial charge >= 0.3 is 0 Å². The summed E-state index contributed by atoms with van der Waals surface area (Å²) in [6.07, 6.45) is -0.669. The Labute approximate surface area is 141 Å². The van der Waals surface area contributed by atoms with Gasteiger partial charge < -0.3 is 15.2 Å². The van der Waals surface area contributed by atoms with Gasteiger partial charge in [0.2, 0.25) is 0 Å². The molecule has 0 heterocycles. The molecular formula is C18H22N2O4. The van der Waals surface area contributed by atoms with Gasteiger partial charge in [-0.05, 0) is 37.1 Å². The third kappa shape index (κ3) is 4.10. The largest absolute Gasteiger partial charge is 0.497 e. The summed E-state index contributed by atoms with van der Waals surface area (Å²) >= 11 is 0. The number of rotatable bonds is 7. The van der Waals surface area contributed by atoms with Gasteiger partial charge in [-0.3, -0.25) is 10.1 Å². The fraction of sp³-hybridized carbons (Fsp3) is 0.333. The second-order valence-corrected chi connectivity index (χ2v) is 5.67. The average molecular weight is 330 g/mol. The van der Waals surface area contributed by atoms with Gasteiger partial charge in [-0.2, -0.15) is 0 Å². The van der Waals surface area contributed by atoms with Crippen LogP contribution < -0.4 is 10.1 Å². The Morgan fingerprint density at radius 3 is 2.50 bits per heavy atom. The number of ether oxygens (including phenoxy) is 1. The van der Waals surface area contributed by atoms with Gasteiger partial charge in [0.05, 0.1) is 18.1 Å². The number of nitro benzene ring substituents is 1. The van der Waals surface area contributed by atoms with E-state index in [2.05, 4.69) is 5.32 Å². The van der Waals surface area contributed by atoms with Crippen molar-refractivity contribution in [1.82, 2.24) is 5.32 Å². The summed E-state index contributed by atoms with van der Waals surface area (Å²) in [6, 6.07) is 12.1. The molecule has 0 amide bonds. The van der Waals surface area contributed by atoms with E-state index in [4.69, 9.17) is 4.74 Å². The van der Waals surface area contributed by atoms with Gasteiger partial charge in [0.1, 0.15) is 5.75 Å². The number of hydrogen-bond donors (Lipinski definition) is 2. The molecule has 2 aromatic rings. The molecule has 2 aromatic carbocycles. The maximum Gasteiger partial charge on any atom is 0.272 e. The summed E-state index contributed by atoms with van der Waals surface area (Å²) in [4.78, 5) is 10.7. The molecule has 0 aliphatic heterocycles. The van der Waals surface area contributed by atoms with Crippen LogP contribution >= 0.6 is 0 Å². The lowest BCUT2D eigenvalue weighted by atomic mass is 10.0. The number of nitrogens with one attached hydrogen (secondary N) is 1. The second-order valence-electron chi connectivity index (χ2n) is 5.67. The highest BCUT2D eigenvalue weighted by atomic mass is 16.6. The van der Waals surface area contributed by atoms with Crippen molar-refractivity contribution in [1.29, 1.82) is 0 Å². The molecule has 0 aromatic heterocycles. The first-order chi connectivity index (χ1) is 11.4. The van der Waals surface area contributed by atoms with Crippen LogP contribution in [0.2, 0.25) is 0 Å². The van der Waals surface area contributed by atoms with E-state index in [0.29, 0.717) is 12.1 Å². The third-order valence-corrected chi connectivity index (χ3v) is 4.13. The fourth-order valence-electron chi connectivity index (χ4n) is 2.65. The van der Waals surface area contributed by atoms with E-state index in [1.807, 2.05) is 25.1 Å². The lowest BCUT2D eigenvalue weighted by Gasteiger charge is -2.19. The van der Waals surface area contributed by atoms with E-state index < -0.39 is 6.10 Å². The molecule has 2 unspecified atom stereocenters. The molecule has 2 N–H and O–H groups in total. The molecule has 0 fully saturated rings. The van der Waals surface area contributed by atoms with Crippen molar-refractivity contribution in [2.45, 2.75) is 26.0 Å². The Kier molecular flexibility index (Phi) is 5.89. The zero-order valence-electron chi connectivity index (χ0n) is 14.0. The number of aliphatic hydroxyl groups excluding tert-OH is 1. The highest BCUT2D eigenvalue weighted by molar-refractivity contribution is 5.45. The van der Waals surface area contributed by atoms with E-state index in [9.17, 15) is 15.2 Å². The third-order valence-electron chi connectivity index (χ3n) is 4.13. The van der Waals surface area contributed by atoms with Crippen LogP contribution in [0, 0.1) is 17.0 Å². The first kappa shape index (κ1) is 17.9. The van der Waals surface area contributed by atoms with Gasteiger partial charge in [0.25, 0.3) is 5.69 Å². The summed E-state index contributed by atoms with van der Waals surface area (Å²) < 4.78 is 5.10. The number of nitrogens with zero attached hydrogens (tertiary/aromatic N) is 1. The standard InChI is InChI=1S/C18H22N2O4/c1-12-16(5-4-6-17(12)20(22)23)13(2)19-11-18(21)14-7-9-15(24-3)10-8-14/h4-10,13,18-19,21H,11H2,1-3H3. The smallest absolute Gasteiger partial charge is 0.272 e. The molecular weight excluding hydrogens is 308 g/mol. The minimum atomic E-state index is -0.669. The Hall–Kier alpha value is -2.44. The van der Waals surface area contributed by atoms with Gasteiger partial charge in [0.15, 0.2) is 0 Å². The lowest BCUT2D eigenvalue weighted by molar-refractivity contribution is -0.385. The number of methoxy groups -OCH3 is 1. The summed E-state index contributed by atoms with van der Waals surface area (Å²) in [7, 11) is 1.59. The summed E-state index contributed by atoms with van der Waals surface area (Å²) in [5.41, 5.74) is 2.38. The van der Waals surface area contributed by atoms with Crippen molar-refractivity contribution < 1.29 is 14.8 Å². The van der Waals surface area contributed by atoms with Gasteiger partial charge in [-0.15, -0.1) is 0 Å². The van der Waals surface area contributed by atoms with E-state index in [0.717, 1.165) is 16.9 Å². The average Bonchev–Trinajstić information content (AvgIpc) is 2.59. The van der Waals surface area contributed by atoms with Crippen LogP contribution in [0.3, 0.4) is 0 Å². The fourth-order valence-corrected chi connectivity index (χ4v) is 2.65. The number of benzene rings is 2. The molecule has 2 rings (SSSR count). The van der Waals surface area contributed by atoms with Crippen molar-refractivity contribution in [3.8, 4) is 5.75 Å². The first-order valence-corrected chi connectivity index (χ1v) is 7.73. The predicted molar refractivity (Wildman–Crippen MR) is 92.2 cm³/mol. The molecule has 0 spiro atoms. The zero-order chi connectivity index (χ0) is 17.7. The zero-order valence-corrected chi connectivity index (χ0v) is 14.0. The van der Waals surface area contributed by atoms with E-state index >= 15 is 0 Å². The maximum absolute atomic E-state index is 11.0. The van der Waals surface area contributed by atoms with Crippen LogP contribution in [-0.2, 0) is 0 Å². The molecule has 24 heavy (non-hydrogen) atoms. The molecule has 6 nitrogen and oxygen atoms in total. The monoisotopic (exact) mass is 330 g/mol. The van der Waals surface area contributed by atoms with E-state index in [-0.39, 0.29) is 16.7 Å². The summed E-state index contributed by atoms with van der Waals surface area (Å²) in [6.45, 7) is 4.01. The number of aliphatic hydroxyl groups is 1. The molecule has 2 atom stereocenters. The van der Waals surface area contributed by atoms with Gasteiger partial charge in [-0.25, -0.2) is 0 Å². The summed E-state index contributed by atoms with van der Waals surface area (Å²) in [5, 5.41) is 24.5. The van der Waals surface area contributed by atoms with Crippen LogP contribution in [0.15, 0.2) is 42.5 Å². The lowest BCUT2D eigenvalue weighted by Crippen LogP contribution is -2.25. The first-order valence-electron chi connectivity index (χ1n) is 7.73. The van der Waals surface area contributed by atoms with Crippen molar-refractivity contribution in [3.63, 3.8) is 0 Å². The Balaban J connectivity index is 2.03. The highest BCUT2D eigenvalue weighted by Gasteiger charge is 2.18. The molecule has 128 valence electrons. The Morgan fingerprint density at radius 2 is 1.92 bits per heavy atom. The van der Waals surface area contributed by atoms with Crippen LogP contribution in [-0.4, -0.2) is 23.7 Å². The molecule has 0 bridgehead atoms. The predicted octanol–water partition coefficient (Wildman–Crippen LogP) is 3.30.